The van der Waals surface area contributed by atoms with Crippen molar-refractivity contribution in [2.45, 2.75) is 39.4 Å². The summed E-state index contributed by atoms with van der Waals surface area (Å²) < 4.78 is 10.5. The third-order valence-corrected chi connectivity index (χ3v) is 1.51. The summed E-state index contributed by atoms with van der Waals surface area (Å²) in [5, 5.41) is 9.01. The fourth-order valence-corrected chi connectivity index (χ4v) is 1.00. The molecule has 1 N–H and O–H groups in total. The summed E-state index contributed by atoms with van der Waals surface area (Å²) in [7, 11) is 0. The molecule has 0 aliphatic rings. The first kappa shape index (κ1) is 11.9. The average molecular weight is 176 g/mol. The van der Waals surface area contributed by atoms with Gasteiger partial charge in [0, 0.05) is 6.61 Å². The van der Waals surface area contributed by atoms with E-state index in [2.05, 4.69) is 0 Å². The van der Waals surface area contributed by atoms with Crippen molar-refractivity contribution in [1.82, 2.24) is 0 Å². The zero-order chi connectivity index (χ0) is 9.40. The Morgan fingerprint density at radius 3 is 2.42 bits per heavy atom. The van der Waals surface area contributed by atoms with Crippen molar-refractivity contribution in [2.75, 3.05) is 19.8 Å². The van der Waals surface area contributed by atoms with Crippen molar-refractivity contribution in [3.8, 4) is 0 Å². The van der Waals surface area contributed by atoms with Crippen LogP contribution in [0.5, 0.6) is 0 Å². The Kier molecular flexibility index (Phi) is 7.45. The molecule has 0 radical (unpaired) electrons. The van der Waals surface area contributed by atoms with Crippen LogP contribution < -0.4 is 0 Å². The fraction of sp³-hybridized carbons (Fsp3) is 1.00. The standard InChI is InChI=1S/C9H20O3/c1-4-11-5-6-12-9(3)7-8(2)10/h8-10H,4-7H2,1-3H3. The quantitative estimate of drug-likeness (QED) is 0.592. The highest BCUT2D eigenvalue weighted by molar-refractivity contribution is 4.54. The van der Waals surface area contributed by atoms with Gasteiger partial charge in [-0.2, -0.15) is 0 Å². The van der Waals surface area contributed by atoms with Gasteiger partial charge in [0.05, 0.1) is 25.4 Å². The molecule has 0 aromatic rings. The SMILES string of the molecule is CCOCCOC(C)CC(C)O. The second-order valence-corrected chi connectivity index (χ2v) is 2.96. The van der Waals surface area contributed by atoms with Crippen LogP contribution in [0.1, 0.15) is 27.2 Å². The Morgan fingerprint density at radius 2 is 1.92 bits per heavy atom. The molecule has 0 aliphatic heterocycles. The highest BCUT2D eigenvalue weighted by Crippen LogP contribution is 2.00. The van der Waals surface area contributed by atoms with Crippen molar-refractivity contribution in [2.24, 2.45) is 0 Å². The summed E-state index contributed by atoms with van der Waals surface area (Å²) in [6, 6.07) is 0. The van der Waals surface area contributed by atoms with Gasteiger partial charge < -0.3 is 14.6 Å². The summed E-state index contributed by atoms with van der Waals surface area (Å²) in [5.74, 6) is 0. The largest absolute Gasteiger partial charge is 0.393 e. The number of rotatable bonds is 7. The molecular formula is C9H20O3. The number of ether oxygens (including phenoxy) is 2. The van der Waals surface area contributed by atoms with E-state index in [1.165, 1.54) is 0 Å². The van der Waals surface area contributed by atoms with Crippen LogP contribution in [0.2, 0.25) is 0 Å². The summed E-state index contributed by atoms with van der Waals surface area (Å²) in [5.41, 5.74) is 0. The van der Waals surface area contributed by atoms with Gasteiger partial charge in [0.1, 0.15) is 0 Å². The summed E-state index contributed by atoms with van der Waals surface area (Å²) >= 11 is 0. The third kappa shape index (κ3) is 7.98. The van der Waals surface area contributed by atoms with E-state index in [4.69, 9.17) is 14.6 Å². The van der Waals surface area contributed by atoms with Gasteiger partial charge in [-0.25, -0.2) is 0 Å². The Bertz CT molecular complexity index is 93.8. The van der Waals surface area contributed by atoms with Gasteiger partial charge in [-0.1, -0.05) is 0 Å². The van der Waals surface area contributed by atoms with Gasteiger partial charge in [0.25, 0.3) is 0 Å². The minimum absolute atomic E-state index is 0.116. The van der Waals surface area contributed by atoms with Crippen LogP contribution in [0, 0.1) is 0 Å². The molecule has 0 bridgehead atoms. The summed E-state index contributed by atoms with van der Waals surface area (Å²) in [6.45, 7) is 7.66. The van der Waals surface area contributed by atoms with Crippen molar-refractivity contribution < 1.29 is 14.6 Å². The molecule has 12 heavy (non-hydrogen) atoms. The lowest BCUT2D eigenvalue weighted by atomic mass is 10.2. The highest BCUT2D eigenvalue weighted by Gasteiger charge is 2.05. The second-order valence-electron chi connectivity index (χ2n) is 2.96. The van der Waals surface area contributed by atoms with E-state index in [0.29, 0.717) is 19.6 Å². The van der Waals surface area contributed by atoms with Gasteiger partial charge in [0.2, 0.25) is 0 Å². The van der Waals surface area contributed by atoms with Crippen molar-refractivity contribution in [1.29, 1.82) is 0 Å². The molecule has 0 heterocycles. The Morgan fingerprint density at radius 1 is 1.25 bits per heavy atom. The maximum Gasteiger partial charge on any atom is 0.0704 e. The van der Waals surface area contributed by atoms with Crippen molar-refractivity contribution in [3.05, 3.63) is 0 Å². The molecule has 0 rings (SSSR count). The molecule has 0 saturated carbocycles. The minimum atomic E-state index is -0.285. The van der Waals surface area contributed by atoms with Gasteiger partial charge in [-0.15, -0.1) is 0 Å². The number of aliphatic hydroxyl groups is 1. The summed E-state index contributed by atoms with van der Waals surface area (Å²) in [6.07, 6.45) is 0.518. The first-order valence-electron chi connectivity index (χ1n) is 4.54. The molecule has 2 unspecified atom stereocenters. The van der Waals surface area contributed by atoms with E-state index in [-0.39, 0.29) is 12.2 Å². The number of hydrogen-bond donors (Lipinski definition) is 1. The van der Waals surface area contributed by atoms with Crippen LogP contribution in [0.25, 0.3) is 0 Å². The van der Waals surface area contributed by atoms with Crippen molar-refractivity contribution >= 4 is 0 Å². The molecule has 3 nitrogen and oxygen atoms in total. The van der Waals surface area contributed by atoms with Crippen LogP contribution in [0.15, 0.2) is 0 Å². The van der Waals surface area contributed by atoms with Crippen LogP contribution in [0.3, 0.4) is 0 Å². The average Bonchev–Trinajstić information content (AvgIpc) is 1.97. The lowest BCUT2D eigenvalue weighted by molar-refractivity contribution is -0.00428. The van der Waals surface area contributed by atoms with Crippen LogP contribution in [0.4, 0.5) is 0 Å². The molecule has 0 fully saturated rings. The molecule has 0 saturated heterocycles. The topological polar surface area (TPSA) is 38.7 Å². The van der Waals surface area contributed by atoms with Crippen LogP contribution in [-0.2, 0) is 9.47 Å². The molecule has 0 aromatic heterocycles. The van der Waals surface area contributed by atoms with Crippen molar-refractivity contribution in [3.63, 3.8) is 0 Å². The Hall–Kier alpha value is -0.120. The minimum Gasteiger partial charge on any atom is -0.393 e. The zero-order valence-electron chi connectivity index (χ0n) is 8.25. The molecule has 0 aliphatic carbocycles. The Balaban J connectivity index is 3.14. The monoisotopic (exact) mass is 176 g/mol. The van der Waals surface area contributed by atoms with Gasteiger partial charge >= 0.3 is 0 Å². The van der Waals surface area contributed by atoms with E-state index in [0.717, 1.165) is 6.61 Å². The summed E-state index contributed by atoms with van der Waals surface area (Å²) in [4.78, 5) is 0. The lowest BCUT2D eigenvalue weighted by Gasteiger charge is -2.14. The number of aliphatic hydroxyl groups excluding tert-OH is 1. The van der Waals surface area contributed by atoms with Gasteiger partial charge in [-0.3, -0.25) is 0 Å². The smallest absolute Gasteiger partial charge is 0.0704 e. The predicted octanol–water partition coefficient (Wildman–Crippen LogP) is 1.20. The highest BCUT2D eigenvalue weighted by atomic mass is 16.5. The maximum absolute atomic E-state index is 9.01. The first-order chi connectivity index (χ1) is 5.66. The molecule has 0 amide bonds. The molecule has 0 spiro atoms. The first-order valence-corrected chi connectivity index (χ1v) is 4.54. The predicted molar refractivity (Wildman–Crippen MR) is 48.2 cm³/mol. The van der Waals surface area contributed by atoms with Gasteiger partial charge in [0.15, 0.2) is 0 Å². The van der Waals surface area contributed by atoms with E-state index >= 15 is 0 Å². The zero-order valence-corrected chi connectivity index (χ0v) is 8.25. The molecule has 0 aromatic carbocycles. The van der Waals surface area contributed by atoms with Crippen LogP contribution in [-0.4, -0.2) is 37.1 Å². The second kappa shape index (κ2) is 7.53. The molecular weight excluding hydrogens is 156 g/mol. The lowest BCUT2D eigenvalue weighted by Crippen LogP contribution is -2.17. The third-order valence-electron chi connectivity index (χ3n) is 1.51. The van der Waals surface area contributed by atoms with Gasteiger partial charge in [-0.05, 0) is 27.2 Å². The fourth-order valence-electron chi connectivity index (χ4n) is 1.00. The van der Waals surface area contributed by atoms with E-state index in [1.54, 1.807) is 6.92 Å². The van der Waals surface area contributed by atoms with E-state index in [9.17, 15) is 0 Å². The Labute approximate surface area is 74.7 Å². The normalized spacial score (nSPS) is 16.0. The van der Waals surface area contributed by atoms with E-state index in [1.807, 2.05) is 13.8 Å². The molecule has 2 atom stereocenters. The van der Waals surface area contributed by atoms with Crippen LogP contribution >= 0.6 is 0 Å². The molecule has 74 valence electrons. The maximum atomic E-state index is 9.01. The molecule has 3 heteroatoms. The van der Waals surface area contributed by atoms with E-state index < -0.39 is 0 Å². The number of hydrogen-bond acceptors (Lipinski definition) is 3.